The molecule has 0 bridgehead atoms. The molecule has 0 N–H and O–H groups in total. The predicted octanol–water partition coefficient (Wildman–Crippen LogP) is 2.56. The number of halogens is 4. The van der Waals surface area contributed by atoms with E-state index in [1.165, 1.54) is 0 Å². The third-order valence-corrected chi connectivity index (χ3v) is 2.34. The lowest BCUT2D eigenvalue weighted by molar-refractivity contribution is -0.276. The lowest BCUT2D eigenvalue weighted by Crippen LogP contribution is -2.19. The summed E-state index contributed by atoms with van der Waals surface area (Å²) in [7, 11) is 1.12. The van der Waals surface area contributed by atoms with Gasteiger partial charge in [0.1, 0.15) is 6.67 Å². The smallest absolute Gasteiger partial charge is 0.481 e. The summed E-state index contributed by atoms with van der Waals surface area (Å²) in [4.78, 5) is 14.8. The Morgan fingerprint density at radius 1 is 1.38 bits per heavy atom. The number of carbonyl (C=O) groups is 1. The zero-order valence-electron chi connectivity index (χ0n) is 11.3. The second-order valence-electron chi connectivity index (χ2n) is 3.77. The topological polar surface area (TPSA) is 57.7 Å². The fraction of sp³-hybridized carbons (Fsp3) is 0.500. The van der Waals surface area contributed by atoms with Crippen LogP contribution in [0.15, 0.2) is 6.07 Å². The van der Waals surface area contributed by atoms with Gasteiger partial charge in [-0.2, -0.15) is 4.98 Å². The van der Waals surface area contributed by atoms with Crippen molar-refractivity contribution in [3.05, 3.63) is 17.2 Å². The highest BCUT2D eigenvalue weighted by Crippen LogP contribution is 2.29. The Balaban J connectivity index is 3.18. The van der Waals surface area contributed by atoms with E-state index in [1.54, 1.807) is 6.92 Å². The number of alkyl halides is 4. The van der Waals surface area contributed by atoms with Crippen molar-refractivity contribution in [1.82, 2.24) is 4.98 Å². The summed E-state index contributed by atoms with van der Waals surface area (Å²) < 4.78 is 62.7. The molecule has 21 heavy (non-hydrogen) atoms. The summed E-state index contributed by atoms with van der Waals surface area (Å²) in [5.74, 6) is -1.92. The van der Waals surface area contributed by atoms with E-state index in [4.69, 9.17) is 4.74 Å². The molecular weight excluding hydrogens is 298 g/mol. The first-order valence-corrected chi connectivity index (χ1v) is 5.84. The molecule has 0 spiro atoms. The van der Waals surface area contributed by atoms with Crippen molar-refractivity contribution in [3.63, 3.8) is 0 Å². The van der Waals surface area contributed by atoms with E-state index in [1.807, 2.05) is 0 Å². The number of pyridine rings is 1. The molecule has 0 radical (unpaired) electrons. The second kappa shape index (κ2) is 7.09. The minimum absolute atomic E-state index is 0.0398. The number of nitrogens with zero attached hydrogens (tertiary/aromatic N) is 1. The molecule has 0 unspecified atom stereocenters. The molecule has 0 saturated carbocycles. The van der Waals surface area contributed by atoms with Gasteiger partial charge in [-0.1, -0.05) is 0 Å². The lowest BCUT2D eigenvalue weighted by atomic mass is 10.1. The fourth-order valence-electron chi connectivity index (χ4n) is 1.58. The van der Waals surface area contributed by atoms with Crippen molar-refractivity contribution in [1.29, 1.82) is 0 Å². The van der Waals surface area contributed by atoms with Crippen LogP contribution < -0.4 is 9.47 Å². The lowest BCUT2D eigenvalue weighted by Gasteiger charge is -2.14. The molecule has 0 fully saturated rings. The Hall–Kier alpha value is -2.06. The largest absolute Gasteiger partial charge is 0.574 e. The third kappa shape index (κ3) is 5.09. The minimum Gasteiger partial charge on any atom is -0.481 e. The first-order valence-electron chi connectivity index (χ1n) is 5.84. The molecule has 1 rings (SSSR count). The molecule has 118 valence electrons. The van der Waals surface area contributed by atoms with Crippen molar-refractivity contribution < 1.29 is 36.6 Å². The van der Waals surface area contributed by atoms with Crippen molar-refractivity contribution in [2.24, 2.45) is 0 Å². The van der Waals surface area contributed by atoms with Crippen LogP contribution in [0.2, 0.25) is 0 Å². The first-order chi connectivity index (χ1) is 9.80. The van der Waals surface area contributed by atoms with Gasteiger partial charge in [0, 0.05) is 11.6 Å². The Bertz CT molecular complexity index is 505. The molecule has 0 aromatic carbocycles. The number of esters is 1. The number of methoxy groups -OCH3 is 1. The van der Waals surface area contributed by atoms with Crippen molar-refractivity contribution in [2.45, 2.75) is 26.4 Å². The second-order valence-corrected chi connectivity index (χ2v) is 3.77. The monoisotopic (exact) mass is 311 g/mol. The van der Waals surface area contributed by atoms with Crippen LogP contribution in [0.1, 0.15) is 18.1 Å². The molecule has 1 heterocycles. The number of aromatic nitrogens is 1. The molecule has 1 aromatic rings. The van der Waals surface area contributed by atoms with Gasteiger partial charge in [-0.3, -0.25) is 4.79 Å². The molecule has 9 heteroatoms. The van der Waals surface area contributed by atoms with Crippen molar-refractivity contribution in [3.8, 4) is 11.8 Å². The number of hydrogen-bond acceptors (Lipinski definition) is 5. The van der Waals surface area contributed by atoms with Gasteiger partial charge in [0.05, 0.1) is 20.1 Å². The Labute approximate surface area is 117 Å². The van der Waals surface area contributed by atoms with Crippen LogP contribution >= 0.6 is 0 Å². The summed E-state index contributed by atoms with van der Waals surface area (Å²) in [5.41, 5.74) is -0.165. The van der Waals surface area contributed by atoms with Gasteiger partial charge in [-0.15, -0.1) is 13.2 Å². The molecule has 0 saturated heterocycles. The van der Waals surface area contributed by atoms with Gasteiger partial charge in [0.2, 0.25) is 11.8 Å². The quantitative estimate of drug-likeness (QED) is 0.597. The van der Waals surface area contributed by atoms with Gasteiger partial charge in [0.25, 0.3) is 0 Å². The predicted molar refractivity (Wildman–Crippen MR) is 62.6 cm³/mol. The van der Waals surface area contributed by atoms with Crippen molar-refractivity contribution >= 4 is 5.97 Å². The highest BCUT2D eigenvalue weighted by atomic mass is 19.4. The van der Waals surface area contributed by atoms with Crippen LogP contribution in [0.4, 0.5) is 17.6 Å². The summed E-state index contributed by atoms with van der Waals surface area (Å²) >= 11 is 0. The van der Waals surface area contributed by atoms with Crippen LogP contribution in [-0.4, -0.2) is 31.0 Å². The number of ether oxygens (including phenoxy) is 3. The van der Waals surface area contributed by atoms with Crippen LogP contribution in [-0.2, 0) is 22.6 Å². The standard InChI is InChI=1S/C12H13F4NO4/c1-3-20-10(18)5-7-4-9(21-12(14,15)16)17-11(19-2)8(7)6-13/h4H,3,5-6H2,1-2H3. The van der Waals surface area contributed by atoms with Gasteiger partial charge >= 0.3 is 12.3 Å². The number of carbonyl (C=O) groups excluding carboxylic acids is 1. The van der Waals surface area contributed by atoms with Crippen LogP contribution in [0, 0.1) is 0 Å². The molecule has 0 amide bonds. The van der Waals surface area contributed by atoms with Gasteiger partial charge in [-0.05, 0) is 12.5 Å². The summed E-state index contributed by atoms with van der Waals surface area (Å²) in [5, 5.41) is 0. The van der Waals surface area contributed by atoms with E-state index in [2.05, 4.69) is 14.5 Å². The van der Waals surface area contributed by atoms with E-state index >= 15 is 0 Å². The molecule has 0 aliphatic carbocycles. The Morgan fingerprint density at radius 2 is 2.05 bits per heavy atom. The maximum atomic E-state index is 13.0. The normalized spacial score (nSPS) is 11.1. The third-order valence-electron chi connectivity index (χ3n) is 2.34. The van der Waals surface area contributed by atoms with E-state index < -0.39 is 31.3 Å². The highest BCUT2D eigenvalue weighted by Gasteiger charge is 2.32. The summed E-state index contributed by atoms with van der Waals surface area (Å²) in [6.45, 7) is 0.606. The average molecular weight is 311 g/mol. The Kier molecular flexibility index (Phi) is 5.74. The number of hydrogen-bond donors (Lipinski definition) is 0. The molecule has 0 aliphatic heterocycles. The molecule has 5 nitrogen and oxygen atoms in total. The van der Waals surface area contributed by atoms with E-state index in [9.17, 15) is 22.4 Å². The first kappa shape index (κ1) is 17.0. The fourth-order valence-corrected chi connectivity index (χ4v) is 1.58. The maximum absolute atomic E-state index is 13.0. The van der Waals surface area contributed by atoms with Crippen LogP contribution in [0.3, 0.4) is 0 Å². The highest BCUT2D eigenvalue weighted by molar-refractivity contribution is 5.73. The van der Waals surface area contributed by atoms with Crippen molar-refractivity contribution in [2.75, 3.05) is 13.7 Å². The molecular formula is C12H13F4NO4. The summed E-state index contributed by atoms with van der Waals surface area (Å²) in [6, 6.07) is 0.835. The van der Waals surface area contributed by atoms with Crippen LogP contribution in [0.5, 0.6) is 11.8 Å². The molecule has 0 aliphatic rings. The van der Waals surface area contributed by atoms with E-state index in [0.29, 0.717) is 0 Å². The van der Waals surface area contributed by atoms with Gasteiger partial charge in [0.15, 0.2) is 0 Å². The SMILES string of the molecule is CCOC(=O)Cc1cc(OC(F)(F)F)nc(OC)c1CF. The molecule has 1 aromatic heterocycles. The maximum Gasteiger partial charge on any atom is 0.574 e. The van der Waals surface area contributed by atoms with Gasteiger partial charge in [-0.25, -0.2) is 4.39 Å². The summed E-state index contributed by atoms with van der Waals surface area (Å²) in [6.07, 6.45) is -5.38. The van der Waals surface area contributed by atoms with E-state index in [-0.39, 0.29) is 23.6 Å². The number of rotatable bonds is 6. The molecule has 0 atom stereocenters. The average Bonchev–Trinajstić information content (AvgIpc) is 2.36. The minimum atomic E-state index is -4.96. The van der Waals surface area contributed by atoms with Gasteiger partial charge < -0.3 is 14.2 Å². The van der Waals surface area contributed by atoms with E-state index in [0.717, 1.165) is 13.2 Å². The Morgan fingerprint density at radius 3 is 2.52 bits per heavy atom. The zero-order chi connectivity index (χ0) is 16.0. The zero-order valence-corrected chi connectivity index (χ0v) is 11.3. The van der Waals surface area contributed by atoms with Crippen LogP contribution in [0.25, 0.3) is 0 Å².